The number of hydrogen-bond acceptors (Lipinski definition) is 7. The highest BCUT2D eigenvalue weighted by atomic mass is 32.2. The van der Waals surface area contributed by atoms with Crippen molar-refractivity contribution in [1.82, 2.24) is 5.32 Å². The van der Waals surface area contributed by atoms with Crippen LogP contribution in [0.1, 0.15) is 37.2 Å². The van der Waals surface area contributed by atoms with Crippen LogP contribution >= 0.6 is 0 Å². The van der Waals surface area contributed by atoms with Gasteiger partial charge in [-0.05, 0) is 61.4 Å². The van der Waals surface area contributed by atoms with Crippen LogP contribution < -0.4 is 14.8 Å². The van der Waals surface area contributed by atoms with Crippen LogP contribution in [-0.4, -0.2) is 55.3 Å². The van der Waals surface area contributed by atoms with E-state index >= 15 is 0 Å². The maximum atomic E-state index is 11.4. The predicted octanol–water partition coefficient (Wildman–Crippen LogP) is 2.53. The van der Waals surface area contributed by atoms with E-state index in [2.05, 4.69) is 10.0 Å². The van der Waals surface area contributed by atoms with Crippen molar-refractivity contribution in [2.24, 2.45) is 0 Å². The summed E-state index contributed by atoms with van der Waals surface area (Å²) in [7, 11) is -3.53. The molecule has 2 aromatic carbocycles. The van der Waals surface area contributed by atoms with Crippen LogP contribution in [0.5, 0.6) is 17.2 Å². The number of aromatic hydroxyl groups is 2. The smallest absolute Gasteiger partial charge is 0.229 e. The van der Waals surface area contributed by atoms with Gasteiger partial charge in [0.2, 0.25) is 10.0 Å². The summed E-state index contributed by atoms with van der Waals surface area (Å²) in [6, 6.07) is 12.0. The summed E-state index contributed by atoms with van der Waals surface area (Å²) in [5, 5.41) is 32.8. The van der Waals surface area contributed by atoms with Crippen LogP contribution in [0.4, 0.5) is 5.69 Å². The average Bonchev–Trinajstić information content (AvgIpc) is 2.73. The van der Waals surface area contributed by atoms with Gasteiger partial charge in [-0.3, -0.25) is 4.72 Å². The summed E-state index contributed by atoms with van der Waals surface area (Å²) in [5.74, 6) is 0.918. The summed E-state index contributed by atoms with van der Waals surface area (Å²) in [6.07, 6.45) is 4.40. The SMILES string of the molecule is CS(=O)(=O)Nc1cc(OC[C@H](O)CNC2CCC(c3ccc(O)cc3)CC2)ccc1O. The van der Waals surface area contributed by atoms with Gasteiger partial charge in [-0.2, -0.15) is 0 Å². The molecule has 0 aromatic heterocycles. The minimum Gasteiger partial charge on any atom is -0.508 e. The van der Waals surface area contributed by atoms with Gasteiger partial charge in [0.1, 0.15) is 30.0 Å². The second-order valence-electron chi connectivity index (χ2n) is 8.07. The number of benzene rings is 2. The fraction of sp³-hybridized carbons (Fsp3) is 0.455. The van der Waals surface area contributed by atoms with Gasteiger partial charge in [0.25, 0.3) is 0 Å². The van der Waals surface area contributed by atoms with Crippen molar-refractivity contribution in [2.75, 3.05) is 24.1 Å². The third kappa shape index (κ3) is 7.30. The fourth-order valence-corrected chi connectivity index (χ4v) is 4.38. The van der Waals surface area contributed by atoms with E-state index in [4.69, 9.17) is 4.74 Å². The van der Waals surface area contributed by atoms with Gasteiger partial charge < -0.3 is 25.4 Å². The largest absolute Gasteiger partial charge is 0.508 e. The maximum Gasteiger partial charge on any atom is 0.229 e. The van der Waals surface area contributed by atoms with Gasteiger partial charge in [0, 0.05) is 18.7 Å². The van der Waals surface area contributed by atoms with Crippen LogP contribution in [0.3, 0.4) is 0 Å². The number of phenols is 2. The topological polar surface area (TPSA) is 128 Å². The molecule has 8 nitrogen and oxygen atoms in total. The number of hydrogen-bond donors (Lipinski definition) is 5. The van der Waals surface area contributed by atoms with Crippen molar-refractivity contribution in [3.8, 4) is 17.2 Å². The van der Waals surface area contributed by atoms with Crippen LogP contribution in [-0.2, 0) is 10.0 Å². The number of nitrogens with one attached hydrogen (secondary N) is 2. The molecule has 1 aliphatic rings. The lowest BCUT2D eigenvalue weighted by molar-refractivity contribution is 0.101. The van der Waals surface area contributed by atoms with Gasteiger partial charge in [0.15, 0.2) is 0 Å². The van der Waals surface area contributed by atoms with Crippen LogP contribution in [0.2, 0.25) is 0 Å². The van der Waals surface area contributed by atoms with Gasteiger partial charge in [-0.1, -0.05) is 12.1 Å². The number of aliphatic hydroxyl groups is 1. The van der Waals surface area contributed by atoms with Crippen molar-refractivity contribution in [2.45, 2.75) is 43.7 Å². The van der Waals surface area contributed by atoms with E-state index in [1.165, 1.54) is 23.8 Å². The Morgan fingerprint density at radius 3 is 2.39 bits per heavy atom. The molecule has 3 rings (SSSR count). The molecule has 1 fully saturated rings. The number of sulfonamides is 1. The Labute approximate surface area is 182 Å². The quantitative estimate of drug-likeness (QED) is 0.371. The van der Waals surface area contributed by atoms with Crippen molar-refractivity contribution in [1.29, 1.82) is 0 Å². The Bertz CT molecular complexity index is 956. The first-order chi connectivity index (χ1) is 14.7. The van der Waals surface area contributed by atoms with Crippen LogP contribution in [0.25, 0.3) is 0 Å². The zero-order valence-corrected chi connectivity index (χ0v) is 18.3. The lowest BCUT2D eigenvalue weighted by Crippen LogP contribution is -2.39. The molecule has 31 heavy (non-hydrogen) atoms. The number of rotatable bonds is 9. The Kier molecular flexibility index (Phi) is 7.64. The third-order valence-electron chi connectivity index (χ3n) is 5.44. The molecule has 0 spiro atoms. The van der Waals surface area contributed by atoms with E-state index in [0.29, 0.717) is 24.3 Å². The van der Waals surface area contributed by atoms with Gasteiger partial charge in [-0.25, -0.2) is 8.42 Å². The molecule has 1 atom stereocenters. The second-order valence-corrected chi connectivity index (χ2v) is 9.81. The third-order valence-corrected chi connectivity index (χ3v) is 6.03. The zero-order chi connectivity index (χ0) is 22.4. The molecule has 0 amide bonds. The monoisotopic (exact) mass is 450 g/mol. The molecule has 0 saturated heterocycles. The molecule has 0 unspecified atom stereocenters. The van der Waals surface area contributed by atoms with E-state index < -0.39 is 16.1 Å². The van der Waals surface area contributed by atoms with Crippen LogP contribution in [0.15, 0.2) is 42.5 Å². The highest BCUT2D eigenvalue weighted by Crippen LogP contribution is 2.33. The summed E-state index contributed by atoms with van der Waals surface area (Å²) in [5.41, 5.74) is 1.28. The molecule has 0 radical (unpaired) electrons. The Hall–Kier alpha value is -2.49. The molecule has 0 bridgehead atoms. The van der Waals surface area contributed by atoms with E-state index in [0.717, 1.165) is 31.9 Å². The summed E-state index contributed by atoms with van der Waals surface area (Å²) < 4.78 is 30.5. The van der Waals surface area contributed by atoms with E-state index in [9.17, 15) is 23.7 Å². The van der Waals surface area contributed by atoms with E-state index in [1.807, 2.05) is 12.1 Å². The van der Waals surface area contributed by atoms with E-state index in [-0.39, 0.29) is 23.8 Å². The van der Waals surface area contributed by atoms with Gasteiger partial charge in [0.05, 0.1) is 11.9 Å². The first kappa shape index (κ1) is 23.2. The number of ether oxygens (including phenoxy) is 1. The van der Waals surface area contributed by atoms with Gasteiger partial charge >= 0.3 is 0 Å². The minimum absolute atomic E-state index is 0.0259. The Morgan fingerprint density at radius 1 is 1.06 bits per heavy atom. The fourth-order valence-electron chi connectivity index (χ4n) is 3.82. The number of anilines is 1. The second kappa shape index (κ2) is 10.2. The Balaban J connectivity index is 1.40. The molecule has 0 heterocycles. The molecule has 1 saturated carbocycles. The minimum atomic E-state index is -3.53. The molecule has 9 heteroatoms. The number of aliphatic hydroxyl groups excluding tert-OH is 1. The first-order valence-electron chi connectivity index (χ1n) is 10.3. The summed E-state index contributed by atoms with van der Waals surface area (Å²) in [6.45, 7) is 0.431. The molecule has 1 aliphatic carbocycles. The standard InChI is InChI=1S/C22H30N2O6S/c1-31(28,29)24-21-12-20(10-11-22(21)27)30-14-19(26)13-23-17-6-2-15(3-7-17)16-4-8-18(25)9-5-16/h4-5,8-12,15,17,19,23-27H,2-3,6-7,13-14H2,1H3/t15?,17?,19-/m1/s1. The molecular weight excluding hydrogens is 420 g/mol. The van der Waals surface area contributed by atoms with Gasteiger partial charge in [-0.15, -0.1) is 0 Å². The van der Waals surface area contributed by atoms with Crippen molar-refractivity contribution in [3.63, 3.8) is 0 Å². The molecule has 0 aliphatic heterocycles. The zero-order valence-electron chi connectivity index (χ0n) is 17.5. The summed E-state index contributed by atoms with van der Waals surface area (Å²) in [4.78, 5) is 0. The molecule has 5 N–H and O–H groups in total. The first-order valence-corrected chi connectivity index (χ1v) is 12.2. The normalized spacial score (nSPS) is 20.2. The number of phenolic OH excluding ortho intramolecular Hbond substituents is 2. The maximum absolute atomic E-state index is 11.4. The average molecular weight is 451 g/mol. The Morgan fingerprint density at radius 2 is 1.74 bits per heavy atom. The lowest BCUT2D eigenvalue weighted by atomic mass is 9.81. The molecule has 170 valence electrons. The summed E-state index contributed by atoms with van der Waals surface area (Å²) >= 11 is 0. The van der Waals surface area contributed by atoms with E-state index in [1.54, 1.807) is 12.1 Å². The van der Waals surface area contributed by atoms with Crippen LogP contribution in [0, 0.1) is 0 Å². The lowest BCUT2D eigenvalue weighted by Gasteiger charge is -2.30. The van der Waals surface area contributed by atoms with Crippen molar-refractivity contribution < 1.29 is 28.5 Å². The molecule has 2 aromatic rings. The molecular formula is C22H30N2O6S. The van der Waals surface area contributed by atoms with Crippen molar-refractivity contribution >= 4 is 15.7 Å². The van der Waals surface area contributed by atoms with Crippen molar-refractivity contribution in [3.05, 3.63) is 48.0 Å². The highest BCUT2D eigenvalue weighted by molar-refractivity contribution is 7.92. The highest BCUT2D eigenvalue weighted by Gasteiger charge is 2.22. The predicted molar refractivity (Wildman–Crippen MR) is 119 cm³/mol.